The molecule has 2 aromatic rings. The summed E-state index contributed by atoms with van der Waals surface area (Å²) < 4.78 is 38.9. The van der Waals surface area contributed by atoms with Crippen LogP contribution in [0.2, 0.25) is 5.02 Å². The summed E-state index contributed by atoms with van der Waals surface area (Å²) in [6, 6.07) is 11.7. The summed E-state index contributed by atoms with van der Waals surface area (Å²) in [5, 5.41) is 0.0438. The minimum Gasteiger partial charge on any atom is -0.460 e. The van der Waals surface area contributed by atoms with E-state index in [1.54, 1.807) is 0 Å². The van der Waals surface area contributed by atoms with Crippen molar-refractivity contribution in [3.63, 3.8) is 0 Å². The Morgan fingerprint density at radius 1 is 1.11 bits per heavy atom. The monoisotopic (exact) mass is 547 g/mol. The molecule has 0 amide bonds. The van der Waals surface area contributed by atoms with Gasteiger partial charge in [-0.1, -0.05) is 63.1 Å². The van der Waals surface area contributed by atoms with Crippen LogP contribution in [0.5, 0.6) is 0 Å². The van der Waals surface area contributed by atoms with Crippen molar-refractivity contribution in [2.45, 2.75) is 64.0 Å². The van der Waals surface area contributed by atoms with Crippen LogP contribution in [0.3, 0.4) is 0 Å². The summed E-state index contributed by atoms with van der Waals surface area (Å²) in [4.78, 5) is 25.2. The van der Waals surface area contributed by atoms with E-state index in [9.17, 15) is 18.0 Å². The summed E-state index contributed by atoms with van der Waals surface area (Å²) in [6.45, 7) is 6.41. The molecule has 0 saturated heterocycles. The van der Waals surface area contributed by atoms with E-state index in [1.165, 1.54) is 22.5 Å². The largest absolute Gasteiger partial charge is 0.460 e. The van der Waals surface area contributed by atoms with Crippen LogP contribution in [0.4, 0.5) is 0 Å². The SMILES string of the molecule is CC(C)[C@H]1CC[C@H](C)C[C@H]1OC(=O)COC(=O)c1cc(S(=O)(=O)N2CCc3ccccc3C2)ccc1Cl. The fraction of sp³-hybridized carbons (Fsp3) is 0.500. The molecule has 1 aliphatic carbocycles. The molecule has 0 spiro atoms. The minimum absolute atomic E-state index is 0.0438. The number of benzene rings is 2. The lowest BCUT2D eigenvalue weighted by Crippen LogP contribution is -2.37. The molecule has 0 aromatic heterocycles. The standard InChI is InChI=1S/C28H34ClNO6S/c1-18(2)23-10-8-19(3)14-26(23)36-27(31)17-35-28(32)24-15-22(9-11-25(24)29)37(33,34)30-13-12-20-6-4-5-7-21(20)16-30/h4-7,9,11,15,18-19,23,26H,8,10,12-14,16-17H2,1-3H3/t19-,23+,26+/m0/s1. The maximum atomic E-state index is 13.3. The summed E-state index contributed by atoms with van der Waals surface area (Å²) in [5.41, 5.74) is 1.97. The average Bonchev–Trinajstić information content (AvgIpc) is 2.87. The van der Waals surface area contributed by atoms with E-state index in [1.807, 2.05) is 24.3 Å². The number of carbonyl (C=O) groups is 2. The zero-order valence-electron chi connectivity index (χ0n) is 21.5. The van der Waals surface area contributed by atoms with Crippen molar-refractivity contribution in [1.29, 1.82) is 0 Å². The van der Waals surface area contributed by atoms with Crippen LogP contribution >= 0.6 is 11.6 Å². The number of carbonyl (C=O) groups excluding carboxylic acids is 2. The second-order valence-corrected chi connectivity index (χ2v) is 12.8. The number of hydrogen-bond donors (Lipinski definition) is 0. The molecular weight excluding hydrogens is 514 g/mol. The topological polar surface area (TPSA) is 90.0 Å². The number of sulfonamides is 1. The van der Waals surface area contributed by atoms with Crippen LogP contribution in [0, 0.1) is 17.8 Å². The number of esters is 2. The molecule has 1 heterocycles. The Morgan fingerprint density at radius 3 is 2.57 bits per heavy atom. The maximum Gasteiger partial charge on any atom is 0.344 e. The van der Waals surface area contributed by atoms with E-state index in [0.29, 0.717) is 24.8 Å². The van der Waals surface area contributed by atoms with E-state index >= 15 is 0 Å². The first-order valence-electron chi connectivity index (χ1n) is 12.8. The van der Waals surface area contributed by atoms with E-state index in [0.717, 1.165) is 30.4 Å². The lowest BCUT2D eigenvalue weighted by molar-refractivity contribution is -0.159. The van der Waals surface area contributed by atoms with E-state index < -0.39 is 28.6 Å². The van der Waals surface area contributed by atoms with E-state index in [2.05, 4.69) is 20.8 Å². The van der Waals surface area contributed by atoms with Gasteiger partial charge in [0.15, 0.2) is 6.61 Å². The molecule has 9 heteroatoms. The van der Waals surface area contributed by atoms with Gasteiger partial charge in [-0.2, -0.15) is 4.31 Å². The molecule has 0 unspecified atom stereocenters. The van der Waals surface area contributed by atoms with Gasteiger partial charge in [0.25, 0.3) is 0 Å². The number of halogens is 1. The Morgan fingerprint density at radius 2 is 1.84 bits per heavy atom. The van der Waals surface area contributed by atoms with Gasteiger partial charge >= 0.3 is 11.9 Å². The first-order valence-corrected chi connectivity index (χ1v) is 14.6. The highest BCUT2D eigenvalue weighted by Crippen LogP contribution is 2.35. The highest BCUT2D eigenvalue weighted by molar-refractivity contribution is 7.89. The summed E-state index contributed by atoms with van der Waals surface area (Å²) in [7, 11) is -3.87. The van der Waals surface area contributed by atoms with Gasteiger partial charge in [-0.3, -0.25) is 0 Å². The molecule has 3 atom stereocenters. The highest BCUT2D eigenvalue weighted by atomic mass is 35.5. The third kappa shape index (κ3) is 6.36. The Bertz CT molecular complexity index is 1260. The Kier molecular flexibility index (Phi) is 8.61. The number of ether oxygens (including phenoxy) is 2. The smallest absolute Gasteiger partial charge is 0.344 e. The molecule has 1 saturated carbocycles. The zero-order valence-corrected chi connectivity index (χ0v) is 23.1. The Labute approximate surface area is 224 Å². The molecule has 0 radical (unpaired) electrons. The van der Waals surface area contributed by atoms with Gasteiger partial charge in [0.05, 0.1) is 15.5 Å². The number of rotatable bonds is 7. The van der Waals surface area contributed by atoms with Crippen molar-refractivity contribution in [3.8, 4) is 0 Å². The average molecular weight is 548 g/mol. The predicted molar refractivity (Wildman–Crippen MR) is 141 cm³/mol. The van der Waals surface area contributed by atoms with Crippen molar-refractivity contribution >= 4 is 33.6 Å². The van der Waals surface area contributed by atoms with Gasteiger partial charge in [-0.05, 0) is 66.3 Å². The van der Waals surface area contributed by atoms with Crippen LogP contribution in [0.15, 0.2) is 47.4 Å². The molecule has 1 fully saturated rings. The van der Waals surface area contributed by atoms with Gasteiger partial charge in [0.2, 0.25) is 10.0 Å². The van der Waals surface area contributed by atoms with Gasteiger partial charge in [0.1, 0.15) is 6.10 Å². The first kappa shape index (κ1) is 27.6. The fourth-order valence-corrected chi connectivity index (χ4v) is 6.94. The quantitative estimate of drug-likeness (QED) is 0.440. The van der Waals surface area contributed by atoms with Crippen molar-refractivity contribution in [2.24, 2.45) is 17.8 Å². The van der Waals surface area contributed by atoms with Crippen molar-refractivity contribution < 1.29 is 27.5 Å². The summed E-state index contributed by atoms with van der Waals surface area (Å²) in [5.74, 6) is -0.378. The lowest BCUT2D eigenvalue weighted by Gasteiger charge is -2.36. The minimum atomic E-state index is -3.87. The normalized spacial score (nSPS) is 22.4. The van der Waals surface area contributed by atoms with Gasteiger partial charge in [0, 0.05) is 13.1 Å². The van der Waals surface area contributed by atoms with Gasteiger partial charge in [-0.15, -0.1) is 0 Å². The highest BCUT2D eigenvalue weighted by Gasteiger charge is 2.34. The van der Waals surface area contributed by atoms with E-state index in [4.69, 9.17) is 21.1 Å². The Balaban J connectivity index is 1.42. The zero-order chi connectivity index (χ0) is 26.7. The van der Waals surface area contributed by atoms with Crippen LogP contribution in [0.25, 0.3) is 0 Å². The number of hydrogen-bond acceptors (Lipinski definition) is 6. The molecule has 4 rings (SSSR count). The molecule has 2 aromatic carbocycles. The Hall–Kier alpha value is -2.42. The van der Waals surface area contributed by atoms with Crippen molar-refractivity contribution in [1.82, 2.24) is 4.31 Å². The second kappa shape index (κ2) is 11.5. The van der Waals surface area contributed by atoms with Crippen molar-refractivity contribution in [2.75, 3.05) is 13.2 Å². The molecule has 0 bridgehead atoms. The molecule has 7 nitrogen and oxygen atoms in total. The van der Waals surface area contributed by atoms with Gasteiger partial charge in [-0.25, -0.2) is 18.0 Å². The molecule has 37 heavy (non-hydrogen) atoms. The third-order valence-corrected chi connectivity index (χ3v) is 9.63. The first-order chi connectivity index (χ1) is 17.6. The molecule has 1 aliphatic heterocycles. The second-order valence-electron chi connectivity index (χ2n) is 10.4. The lowest BCUT2D eigenvalue weighted by atomic mass is 9.75. The predicted octanol–water partition coefficient (Wildman–Crippen LogP) is 5.25. The number of nitrogens with zero attached hydrogens (tertiary/aromatic N) is 1. The van der Waals surface area contributed by atoms with E-state index in [-0.39, 0.29) is 34.0 Å². The van der Waals surface area contributed by atoms with Crippen LogP contribution in [-0.4, -0.2) is 43.9 Å². The van der Waals surface area contributed by atoms with Crippen LogP contribution in [-0.2, 0) is 37.3 Å². The number of fused-ring (bicyclic) bond motifs is 1. The molecule has 2 aliphatic rings. The molecular formula is C28H34ClNO6S. The van der Waals surface area contributed by atoms with Gasteiger partial charge < -0.3 is 9.47 Å². The third-order valence-electron chi connectivity index (χ3n) is 7.46. The van der Waals surface area contributed by atoms with Crippen LogP contribution in [0.1, 0.15) is 61.5 Å². The van der Waals surface area contributed by atoms with Crippen molar-refractivity contribution in [3.05, 3.63) is 64.2 Å². The maximum absolute atomic E-state index is 13.3. The fourth-order valence-electron chi connectivity index (χ4n) is 5.30. The summed E-state index contributed by atoms with van der Waals surface area (Å²) in [6.07, 6.45) is 3.29. The molecule has 0 N–H and O–H groups in total. The summed E-state index contributed by atoms with van der Waals surface area (Å²) >= 11 is 6.21. The molecule has 200 valence electrons. The van der Waals surface area contributed by atoms with Crippen LogP contribution < -0.4 is 0 Å².